The highest BCUT2D eigenvalue weighted by molar-refractivity contribution is 7.99. The van der Waals surface area contributed by atoms with Crippen molar-refractivity contribution in [2.75, 3.05) is 37.8 Å². The fraction of sp³-hybridized carbons (Fsp3) is 0.391. The van der Waals surface area contributed by atoms with Gasteiger partial charge in [-0.1, -0.05) is 24.3 Å². The highest BCUT2D eigenvalue weighted by Crippen LogP contribution is 2.32. The zero-order valence-corrected chi connectivity index (χ0v) is 20.7. The second kappa shape index (κ2) is 11.1. The minimum atomic E-state index is 0. The smallest absolute Gasteiger partial charge is 0.260 e. The van der Waals surface area contributed by atoms with Gasteiger partial charge in [0.25, 0.3) is 5.91 Å². The van der Waals surface area contributed by atoms with Crippen molar-refractivity contribution in [1.82, 2.24) is 9.88 Å². The van der Waals surface area contributed by atoms with Gasteiger partial charge in [-0.2, -0.15) is 0 Å². The number of hydrogen-bond donors (Lipinski definition) is 0. The largest absolute Gasteiger partial charge is 0.309 e. The van der Waals surface area contributed by atoms with E-state index in [2.05, 4.69) is 58.0 Å². The number of benzene rings is 2. The predicted octanol–water partition coefficient (Wildman–Crippen LogP) is 6.05. The molecule has 0 radical (unpaired) electrons. The molecule has 0 atom stereocenters. The van der Waals surface area contributed by atoms with Crippen LogP contribution in [0.3, 0.4) is 0 Å². The molecule has 0 saturated heterocycles. The van der Waals surface area contributed by atoms with E-state index in [9.17, 15) is 4.79 Å². The summed E-state index contributed by atoms with van der Waals surface area (Å²) >= 11 is 3.35. The summed E-state index contributed by atoms with van der Waals surface area (Å²) in [5.74, 6) is 1.01. The standard InChI is InChI=1S/C23H29N3OS2.ClH/c1-6-28-19-10-7-9-18(15-19)22(27)26(12-8-11-25(4)5)23-24-20-13-16(2)17(3)14-21(20)29-23;/h7,9-10,13-15H,6,8,11-12H2,1-5H3;1H. The van der Waals surface area contributed by atoms with Crippen molar-refractivity contribution < 1.29 is 4.79 Å². The van der Waals surface area contributed by atoms with Gasteiger partial charge in [0.1, 0.15) is 0 Å². The summed E-state index contributed by atoms with van der Waals surface area (Å²) in [7, 11) is 4.11. The number of thioether (sulfide) groups is 1. The third kappa shape index (κ3) is 5.97. The van der Waals surface area contributed by atoms with Crippen LogP contribution in [0, 0.1) is 13.8 Å². The van der Waals surface area contributed by atoms with Gasteiger partial charge in [-0.3, -0.25) is 9.69 Å². The van der Waals surface area contributed by atoms with Gasteiger partial charge in [0.2, 0.25) is 0 Å². The van der Waals surface area contributed by atoms with E-state index in [-0.39, 0.29) is 18.3 Å². The number of hydrogen-bond acceptors (Lipinski definition) is 5. The maximum Gasteiger partial charge on any atom is 0.260 e. The van der Waals surface area contributed by atoms with Crippen LogP contribution in [-0.2, 0) is 0 Å². The number of anilines is 1. The molecule has 0 unspecified atom stereocenters. The molecule has 4 nitrogen and oxygen atoms in total. The Kier molecular flexibility index (Phi) is 9.16. The van der Waals surface area contributed by atoms with Crippen LogP contribution in [0.2, 0.25) is 0 Å². The first kappa shape index (κ1) is 24.7. The Hall–Kier alpha value is -1.60. The van der Waals surface area contributed by atoms with Crippen LogP contribution < -0.4 is 4.90 Å². The van der Waals surface area contributed by atoms with E-state index in [0.29, 0.717) is 6.54 Å². The van der Waals surface area contributed by atoms with Gasteiger partial charge in [-0.25, -0.2) is 4.98 Å². The van der Waals surface area contributed by atoms with Crippen molar-refractivity contribution >= 4 is 56.8 Å². The SMILES string of the molecule is CCSc1cccc(C(=O)N(CCCN(C)C)c2nc3cc(C)c(C)cc3s2)c1.Cl. The molecule has 2 aromatic carbocycles. The fourth-order valence-corrected chi connectivity index (χ4v) is 4.94. The lowest BCUT2D eigenvalue weighted by atomic mass is 10.1. The number of fused-ring (bicyclic) bond motifs is 1. The average Bonchev–Trinajstić information content (AvgIpc) is 3.07. The number of carbonyl (C=O) groups excluding carboxylic acids is 1. The Morgan fingerprint density at radius 2 is 1.83 bits per heavy atom. The lowest BCUT2D eigenvalue weighted by Crippen LogP contribution is -2.33. The van der Waals surface area contributed by atoms with Crippen LogP contribution in [0.5, 0.6) is 0 Å². The minimum Gasteiger partial charge on any atom is -0.309 e. The molecular weight excluding hydrogens is 434 g/mol. The van der Waals surface area contributed by atoms with Gasteiger partial charge < -0.3 is 4.90 Å². The van der Waals surface area contributed by atoms with Crippen LogP contribution in [0.25, 0.3) is 10.2 Å². The second-order valence-corrected chi connectivity index (χ2v) is 9.82. The molecule has 1 aromatic heterocycles. The third-order valence-corrected chi connectivity index (χ3v) is 6.76. The second-order valence-electron chi connectivity index (χ2n) is 7.48. The Labute approximate surface area is 194 Å². The van der Waals surface area contributed by atoms with Crippen molar-refractivity contribution in [1.29, 1.82) is 0 Å². The first-order chi connectivity index (χ1) is 13.9. The molecular formula is C23H30ClN3OS2. The average molecular weight is 464 g/mol. The zero-order chi connectivity index (χ0) is 21.0. The van der Waals surface area contributed by atoms with E-state index in [1.807, 2.05) is 23.1 Å². The molecule has 3 rings (SSSR count). The number of thiazole rings is 1. The molecule has 0 spiro atoms. The normalized spacial score (nSPS) is 11.0. The van der Waals surface area contributed by atoms with Crippen LogP contribution in [0.1, 0.15) is 34.8 Å². The molecule has 0 fully saturated rings. The number of carbonyl (C=O) groups is 1. The molecule has 0 bridgehead atoms. The highest BCUT2D eigenvalue weighted by atomic mass is 35.5. The quantitative estimate of drug-likeness (QED) is 0.381. The first-order valence-corrected chi connectivity index (χ1v) is 11.8. The summed E-state index contributed by atoms with van der Waals surface area (Å²) < 4.78 is 1.13. The number of halogens is 1. The molecule has 0 saturated carbocycles. The molecule has 7 heteroatoms. The van der Waals surface area contributed by atoms with E-state index in [1.165, 1.54) is 11.1 Å². The Bertz CT molecular complexity index is 964. The summed E-state index contributed by atoms with van der Waals surface area (Å²) in [5.41, 5.74) is 4.17. The summed E-state index contributed by atoms with van der Waals surface area (Å²) in [4.78, 5) is 23.4. The Balaban J connectivity index is 0.00000320. The van der Waals surface area contributed by atoms with E-state index >= 15 is 0 Å². The highest BCUT2D eigenvalue weighted by Gasteiger charge is 2.21. The third-order valence-electron chi connectivity index (χ3n) is 4.85. The number of nitrogens with zero attached hydrogens (tertiary/aromatic N) is 3. The van der Waals surface area contributed by atoms with Crippen LogP contribution in [0.15, 0.2) is 41.3 Å². The number of aromatic nitrogens is 1. The fourth-order valence-electron chi connectivity index (χ4n) is 3.15. The maximum absolute atomic E-state index is 13.5. The van der Waals surface area contributed by atoms with E-state index < -0.39 is 0 Å². The Morgan fingerprint density at radius 3 is 2.53 bits per heavy atom. The zero-order valence-electron chi connectivity index (χ0n) is 18.3. The summed E-state index contributed by atoms with van der Waals surface area (Å²) in [6.07, 6.45) is 0.899. The molecule has 0 aliphatic rings. The topological polar surface area (TPSA) is 36.4 Å². The molecule has 3 aromatic rings. The lowest BCUT2D eigenvalue weighted by Gasteiger charge is -2.21. The van der Waals surface area contributed by atoms with E-state index in [0.717, 1.165) is 44.5 Å². The number of aryl methyl sites for hydroxylation is 2. The predicted molar refractivity (Wildman–Crippen MR) is 134 cm³/mol. The van der Waals surface area contributed by atoms with Crippen molar-refractivity contribution in [3.63, 3.8) is 0 Å². The lowest BCUT2D eigenvalue weighted by molar-refractivity contribution is 0.0986. The van der Waals surface area contributed by atoms with Crippen molar-refractivity contribution in [3.05, 3.63) is 53.1 Å². The number of amides is 1. The molecule has 0 N–H and O–H groups in total. The maximum atomic E-state index is 13.5. The monoisotopic (exact) mass is 463 g/mol. The van der Waals surface area contributed by atoms with Gasteiger partial charge in [0.15, 0.2) is 5.13 Å². The van der Waals surface area contributed by atoms with Gasteiger partial charge in [0, 0.05) is 17.0 Å². The molecule has 162 valence electrons. The molecule has 1 heterocycles. The van der Waals surface area contributed by atoms with Crippen molar-refractivity contribution in [2.24, 2.45) is 0 Å². The van der Waals surface area contributed by atoms with Gasteiger partial charge in [-0.15, -0.1) is 24.2 Å². The minimum absolute atomic E-state index is 0. The van der Waals surface area contributed by atoms with E-state index in [1.54, 1.807) is 23.1 Å². The van der Waals surface area contributed by atoms with Gasteiger partial charge in [0.05, 0.1) is 10.2 Å². The van der Waals surface area contributed by atoms with E-state index in [4.69, 9.17) is 4.98 Å². The molecule has 30 heavy (non-hydrogen) atoms. The van der Waals surface area contributed by atoms with Gasteiger partial charge >= 0.3 is 0 Å². The summed E-state index contributed by atoms with van der Waals surface area (Å²) in [6.45, 7) is 7.92. The van der Waals surface area contributed by atoms with Gasteiger partial charge in [-0.05, 0) is 88.1 Å². The molecule has 0 aliphatic heterocycles. The van der Waals surface area contributed by atoms with Crippen LogP contribution in [-0.4, -0.2) is 48.7 Å². The van der Waals surface area contributed by atoms with Crippen molar-refractivity contribution in [2.45, 2.75) is 32.1 Å². The van der Waals surface area contributed by atoms with Crippen LogP contribution in [0.4, 0.5) is 5.13 Å². The van der Waals surface area contributed by atoms with Crippen LogP contribution >= 0.6 is 35.5 Å². The van der Waals surface area contributed by atoms with Crippen molar-refractivity contribution in [3.8, 4) is 0 Å². The summed E-state index contributed by atoms with van der Waals surface area (Å²) in [6, 6.07) is 12.2. The Morgan fingerprint density at radius 1 is 1.10 bits per heavy atom. The first-order valence-electron chi connectivity index (χ1n) is 9.96. The summed E-state index contributed by atoms with van der Waals surface area (Å²) in [5, 5.41) is 0.780. The number of rotatable bonds is 8. The molecule has 1 amide bonds. The molecule has 0 aliphatic carbocycles.